The highest BCUT2D eigenvalue weighted by Gasteiger charge is 2.12. The lowest BCUT2D eigenvalue weighted by Crippen LogP contribution is -2.29. The van der Waals surface area contributed by atoms with Gasteiger partial charge < -0.3 is 0 Å². The Balaban J connectivity index is 1.47. The zero-order valence-corrected chi connectivity index (χ0v) is 12.8. The summed E-state index contributed by atoms with van der Waals surface area (Å²) in [6.07, 6.45) is 5.69. The van der Waals surface area contributed by atoms with E-state index in [-0.39, 0.29) is 5.82 Å². The lowest BCUT2D eigenvalue weighted by molar-refractivity contribution is 0.298. The minimum atomic E-state index is -0.164. The van der Waals surface area contributed by atoms with Crippen LogP contribution < -0.4 is 0 Å². The quantitative estimate of drug-likeness (QED) is 0.782. The van der Waals surface area contributed by atoms with E-state index in [1.54, 1.807) is 12.1 Å². The van der Waals surface area contributed by atoms with Gasteiger partial charge in [0.25, 0.3) is 0 Å². The predicted molar refractivity (Wildman–Crippen MR) is 90.2 cm³/mol. The molecule has 22 heavy (non-hydrogen) atoms. The van der Waals surface area contributed by atoms with Gasteiger partial charge in [-0.2, -0.15) is 0 Å². The van der Waals surface area contributed by atoms with Crippen LogP contribution in [0, 0.1) is 5.82 Å². The van der Waals surface area contributed by atoms with Gasteiger partial charge in [0.2, 0.25) is 0 Å². The molecule has 0 atom stereocenters. The summed E-state index contributed by atoms with van der Waals surface area (Å²) in [7, 11) is 0. The van der Waals surface area contributed by atoms with Crippen molar-refractivity contribution < 1.29 is 4.39 Å². The molecule has 0 bridgehead atoms. The van der Waals surface area contributed by atoms with Crippen molar-refractivity contribution in [2.45, 2.75) is 19.3 Å². The summed E-state index contributed by atoms with van der Waals surface area (Å²) in [5, 5.41) is 0. The molecular weight excluding hydrogens is 273 g/mol. The van der Waals surface area contributed by atoms with Crippen LogP contribution in [0.4, 0.5) is 4.39 Å². The predicted octanol–water partition coefficient (Wildman–Crippen LogP) is 4.55. The molecule has 2 aromatic rings. The topological polar surface area (TPSA) is 3.24 Å². The summed E-state index contributed by atoms with van der Waals surface area (Å²) >= 11 is 0. The second-order valence-corrected chi connectivity index (χ2v) is 5.88. The van der Waals surface area contributed by atoms with Crippen LogP contribution in [0.2, 0.25) is 0 Å². The molecule has 114 valence electrons. The van der Waals surface area contributed by atoms with Crippen LogP contribution in [0.1, 0.15) is 24.0 Å². The Hall–Kier alpha value is -1.93. The molecule has 1 nitrogen and oxygen atoms in total. The van der Waals surface area contributed by atoms with Crippen LogP contribution in [0.15, 0.2) is 60.7 Å². The standard InChI is InChI=1S/C20H22FN/c21-20-10-8-18(9-11-20)19-12-15-22(16-13-19)14-4-7-17-5-2-1-3-6-17/h1-3,5-6,8-12H,4,7,13-16H2. The molecule has 0 saturated heterocycles. The second kappa shape index (κ2) is 7.37. The van der Waals surface area contributed by atoms with E-state index in [4.69, 9.17) is 0 Å². The Morgan fingerprint density at radius 1 is 0.955 bits per heavy atom. The Bertz CT molecular complexity index is 616. The van der Waals surface area contributed by atoms with Crippen molar-refractivity contribution in [1.82, 2.24) is 4.90 Å². The van der Waals surface area contributed by atoms with Crippen molar-refractivity contribution in [3.63, 3.8) is 0 Å². The van der Waals surface area contributed by atoms with E-state index in [9.17, 15) is 4.39 Å². The molecule has 1 aliphatic heterocycles. The zero-order chi connectivity index (χ0) is 15.2. The van der Waals surface area contributed by atoms with Gasteiger partial charge in [0.1, 0.15) is 5.82 Å². The molecule has 0 radical (unpaired) electrons. The Morgan fingerprint density at radius 2 is 1.73 bits per heavy atom. The van der Waals surface area contributed by atoms with Crippen LogP contribution in [0.25, 0.3) is 5.57 Å². The highest BCUT2D eigenvalue weighted by atomic mass is 19.1. The van der Waals surface area contributed by atoms with E-state index in [1.807, 2.05) is 12.1 Å². The van der Waals surface area contributed by atoms with Crippen LogP contribution in [0.5, 0.6) is 0 Å². The second-order valence-electron chi connectivity index (χ2n) is 5.88. The summed E-state index contributed by atoms with van der Waals surface area (Å²) < 4.78 is 13.0. The van der Waals surface area contributed by atoms with Crippen molar-refractivity contribution in [1.29, 1.82) is 0 Å². The fraction of sp³-hybridized carbons (Fsp3) is 0.300. The number of benzene rings is 2. The van der Waals surface area contributed by atoms with E-state index >= 15 is 0 Å². The van der Waals surface area contributed by atoms with Crippen molar-refractivity contribution >= 4 is 5.57 Å². The van der Waals surface area contributed by atoms with E-state index in [0.717, 1.165) is 38.0 Å². The van der Waals surface area contributed by atoms with E-state index in [0.29, 0.717) is 0 Å². The average molecular weight is 295 g/mol. The first kappa shape index (κ1) is 15.0. The molecule has 1 aliphatic rings. The summed E-state index contributed by atoms with van der Waals surface area (Å²) in [5.74, 6) is -0.164. The largest absolute Gasteiger partial charge is 0.299 e. The first-order valence-electron chi connectivity index (χ1n) is 8.02. The Kier molecular flexibility index (Phi) is 5.02. The monoisotopic (exact) mass is 295 g/mol. The van der Waals surface area contributed by atoms with E-state index in [1.165, 1.54) is 17.6 Å². The van der Waals surface area contributed by atoms with Crippen LogP contribution >= 0.6 is 0 Å². The maximum Gasteiger partial charge on any atom is 0.123 e. The van der Waals surface area contributed by atoms with Gasteiger partial charge in [0, 0.05) is 13.1 Å². The summed E-state index contributed by atoms with van der Waals surface area (Å²) in [6.45, 7) is 3.24. The summed E-state index contributed by atoms with van der Waals surface area (Å²) in [5.41, 5.74) is 3.92. The summed E-state index contributed by atoms with van der Waals surface area (Å²) in [6, 6.07) is 17.5. The molecule has 0 aromatic heterocycles. The fourth-order valence-electron chi connectivity index (χ4n) is 2.99. The van der Waals surface area contributed by atoms with Crippen molar-refractivity contribution in [2.24, 2.45) is 0 Å². The molecule has 0 fully saturated rings. The lowest BCUT2D eigenvalue weighted by atomic mass is 9.99. The Labute approximate surface area is 132 Å². The molecule has 2 aromatic carbocycles. The third-order valence-corrected chi connectivity index (χ3v) is 4.29. The van der Waals surface area contributed by atoms with Gasteiger partial charge in [0.15, 0.2) is 0 Å². The van der Waals surface area contributed by atoms with Crippen LogP contribution in [0.3, 0.4) is 0 Å². The number of hydrogen-bond acceptors (Lipinski definition) is 1. The van der Waals surface area contributed by atoms with Crippen molar-refractivity contribution in [2.75, 3.05) is 19.6 Å². The van der Waals surface area contributed by atoms with Gasteiger partial charge in [-0.05, 0) is 54.6 Å². The van der Waals surface area contributed by atoms with Crippen LogP contribution in [-0.2, 0) is 6.42 Å². The summed E-state index contributed by atoms with van der Waals surface area (Å²) in [4.78, 5) is 2.50. The molecule has 1 heterocycles. The van der Waals surface area contributed by atoms with Crippen molar-refractivity contribution in [3.8, 4) is 0 Å². The SMILES string of the molecule is Fc1ccc(C2=CCN(CCCc3ccccc3)CC2)cc1. The molecule has 0 saturated carbocycles. The van der Waals surface area contributed by atoms with E-state index < -0.39 is 0 Å². The highest BCUT2D eigenvalue weighted by Crippen LogP contribution is 2.22. The first-order chi connectivity index (χ1) is 10.8. The van der Waals surface area contributed by atoms with E-state index in [2.05, 4.69) is 41.3 Å². The van der Waals surface area contributed by atoms with Gasteiger partial charge in [-0.15, -0.1) is 0 Å². The highest BCUT2D eigenvalue weighted by molar-refractivity contribution is 5.66. The minimum absolute atomic E-state index is 0.164. The third kappa shape index (κ3) is 4.05. The molecule has 0 unspecified atom stereocenters. The van der Waals surface area contributed by atoms with Gasteiger partial charge in [-0.1, -0.05) is 48.5 Å². The smallest absolute Gasteiger partial charge is 0.123 e. The molecule has 0 N–H and O–H groups in total. The molecular formula is C20H22FN. The first-order valence-corrected chi connectivity index (χ1v) is 8.02. The third-order valence-electron chi connectivity index (χ3n) is 4.29. The number of nitrogens with zero attached hydrogens (tertiary/aromatic N) is 1. The lowest BCUT2D eigenvalue weighted by Gasteiger charge is -2.26. The number of hydrogen-bond donors (Lipinski definition) is 0. The fourth-order valence-corrected chi connectivity index (χ4v) is 2.99. The molecule has 3 rings (SSSR count). The molecule has 0 amide bonds. The van der Waals surface area contributed by atoms with Gasteiger partial charge in [0.05, 0.1) is 0 Å². The molecule has 0 aliphatic carbocycles. The Morgan fingerprint density at radius 3 is 2.41 bits per heavy atom. The molecule has 0 spiro atoms. The minimum Gasteiger partial charge on any atom is -0.299 e. The average Bonchev–Trinajstić information content (AvgIpc) is 2.57. The normalized spacial score (nSPS) is 15.6. The molecule has 2 heteroatoms. The van der Waals surface area contributed by atoms with Gasteiger partial charge in [-0.25, -0.2) is 4.39 Å². The maximum absolute atomic E-state index is 13.0. The van der Waals surface area contributed by atoms with Crippen LogP contribution in [-0.4, -0.2) is 24.5 Å². The maximum atomic E-state index is 13.0. The number of halogens is 1. The number of rotatable bonds is 5. The zero-order valence-electron chi connectivity index (χ0n) is 12.8. The van der Waals surface area contributed by atoms with Gasteiger partial charge >= 0.3 is 0 Å². The van der Waals surface area contributed by atoms with Crippen molar-refractivity contribution in [3.05, 3.63) is 77.6 Å². The van der Waals surface area contributed by atoms with Gasteiger partial charge in [-0.3, -0.25) is 4.90 Å². The number of aryl methyl sites for hydroxylation is 1.